The molecule has 0 saturated heterocycles. The second-order valence-corrected chi connectivity index (χ2v) is 5.97. The maximum Gasteiger partial charge on any atom is 0.226 e. The van der Waals surface area contributed by atoms with Crippen LogP contribution in [-0.4, -0.2) is 25.5 Å². The highest BCUT2D eigenvalue weighted by Gasteiger charge is 2.30. The van der Waals surface area contributed by atoms with Gasteiger partial charge in [-0.1, -0.05) is 24.3 Å². The van der Waals surface area contributed by atoms with Gasteiger partial charge in [0, 0.05) is 36.8 Å². The van der Waals surface area contributed by atoms with E-state index in [9.17, 15) is 4.79 Å². The first-order valence-corrected chi connectivity index (χ1v) is 8.17. The van der Waals surface area contributed by atoms with Gasteiger partial charge in [-0.2, -0.15) is 10.2 Å². The maximum atomic E-state index is 12.2. The van der Waals surface area contributed by atoms with Gasteiger partial charge in [0.1, 0.15) is 5.82 Å². The largest absolute Gasteiger partial charge is 0.311 e. The van der Waals surface area contributed by atoms with E-state index in [1.807, 2.05) is 46.9 Å². The monoisotopic (exact) mass is 321 g/mol. The van der Waals surface area contributed by atoms with Crippen LogP contribution in [0.1, 0.15) is 36.0 Å². The van der Waals surface area contributed by atoms with Gasteiger partial charge in [-0.25, -0.2) is 4.68 Å². The minimum atomic E-state index is 0.0285. The summed E-state index contributed by atoms with van der Waals surface area (Å²) in [6.07, 6.45) is 6.05. The smallest absolute Gasteiger partial charge is 0.226 e. The number of rotatable bonds is 4. The van der Waals surface area contributed by atoms with Crippen LogP contribution in [0.2, 0.25) is 0 Å². The number of nitrogens with zero attached hydrogens (tertiary/aromatic N) is 4. The molecule has 0 aliphatic carbocycles. The highest BCUT2D eigenvalue weighted by atomic mass is 16.1. The fourth-order valence-electron chi connectivity index (χ4n) is 3.37. The number of benzene rings is 1. The number of amides is 1. The number of carbonyl (C=O) groups is 1. The van der Waals surface area contributed by atoms with Crippen molar-refractivity contribution in [2.45, 2.75) is 32.4 Å². The fourth-order valence-corrected chi connectivity index (χ4v) is 3.37. The lowest BCUT2D eigenvalue weighted by Gasteiger charge is -2.25. The van der Waals surface area contributed by atoms with E-state index in [1.165, 1.54) is 11.1 Å². The molecule has 6 heteroatoms. The maximum absolute atomic E-state index is 12.2. The number of aryl methyl sites for hydroxylation is 1. The number of fused-ring (bicyclic) bond motifs is 1. The SMILES string of the molecule is CCn1ncc2c1NC(=O)CC2c1ccccc1Cn1cccn1. The molecular weight excluding hydrogens is 302 g/mol. The van der Waals surface area contributed by atoms with E-state index >= 15 is 0 Å². The Morgan fingerprint density at radius 2 is 2.08 bits per heavy atom. The quantitative estimate of drug-likeness (QED) is 0.803. The molecule has 0 bridgehead atoms. The fraction of sp³-hybridized carbons (Fsp3) is 0.278. The average Bonchev–Trinajstić information content (AvgIpc) is 3.24. The lowest BCUT2D eigenvalue weighted by atomic mass is 9.84. The number of carbonyl (C=O) groups excluding carboxylic acids is 1. The van der Waals surface area contributed by atoms with Crippen molar-refractivity contribution in [3.05, 3.63) is 65.6 Å². The van der Waals surface area contributed by atoms with E-state index in [-0.39, 0.29) is 11.8 Å². The molecule has 122 valence electrons. The Morgan fingerprint density at radius 3 is 2.88 bits per heavy atom. The first kappa shape index (κ1) is 14.7. The lowest BCUT2D eigenvalue weighted by Crippen LogP contribution is -2.25. The van der Waals surface area contributed by atoms with Crippen LogP contribution in [-0.2, 0) is 17.9 Å². The molecule has 6 nitrogen and oxygen atoms in total. The molecule has 1 amide bonds. The van der Waals surface area contributed by atoms with Crippen molar-refractivity contribution < 1.29 is 4.79 Å². The summed E-state index contributed by atoms with van der Waals surface area (Å²) in [7, 11) is 0. The average molecular weight is 321 g/mol. The van der Waals surface area contributed by atoms with Gasteiger partial charge in [-0.15, -0.1) is 0 Å². The van der Waals surface area contributed by atoms with E-state index in [0.717, 1.165) is 17.9 Å². The van der Waals surface area contributed by atoms with Crippen LogP contribution in [0.4, 0.5) is 5.82 Å². The van der Waals surface area contributed by atoms with E-state index in [1.54, 1.807) is 6.20 Å². The Kier molecular flexibility index (Phi) is 3.65. The van der Waals surface area contributed by atoms with Gasteiger partial charge in [0.25, 0.3) is 0 Å². The van der Waals surface area contributed by atoms with Crippen molar-refractivity contribution in [1.82, 2.24) is 19.6 Å². The molecular formula is C18H19N5O. The minimum Gasteiger partial charge on any atom is -0.311 e. The van der Waals surface area contributed by atoms with E-state index in [0.29, 0.717) is 13.0 Å². The third-order valence-electron chi connectivity index (χ3n) is 4.51. The van der Waals surface area contributed by atoms with Gasteiger partial charge >= 0.3 is 0 Å². The first-order chi connectivity index (χ1) is 11.8. The molecule has 0 fully saturated rings. The summed E-state index contributed by atoms with van der Waals surface area (Å²) in [6, 6.07) is 10.2. The van der Waals surface area contributed by atoms with Crippen LogP contribution in [0, 0.1) is 0 Å². The Morgan fingerprint density at radius 1 is 1.21 bits per heavy atom. The molecule has 24 heavy (non-hydrogen) atoms. The highest BCUT2D eigenvalue weighted by molar-refractivity contribution is 5.94. The lowest BCUT2D eigenvalue weighted by molar-refractivity contribution is -0.116. The summed E-state index contributed by atoms with van der Waals surface area (Å²) in [6.45, 7) is 3.45. The predicted octanol–water partition coefficient (Wildman–Crippen LogP) is 2.62. The van der Waals surface area contributed by atoms with Crippen molar-refractivity contribution in [1.29, 1.82) is 0 Å². The number of nitrogens with one attached hydrogen (secondary N) is 1. The molecule has 0 spiro atoms. The summed E-state index contributed by atoms with van der Waals surface area (Å²) in [5, 5.41) is 11.7. The van der Waals surface area contributed by atoms with Gasteiger partial charge in [0.05, 0.1) is 12.7 Å². The number of hydrogen-bond donors (Lipinski definition) is 1. The van der Waals surface area contributed by atoms with Crippen LogP contribution < -0.4 is 5.32 Å². The number of aromatic nitrogens is 4. The molecule has 1 unspecified atom stereocenters. The normalized spacial score (nSPS) is 16.7. The molecule has 0 saturated carbocycles. The number of anilines is 1. The van der Waals surface area contributed by atoms with Crippen molar-refractivity contribution in [2.75, 3.05) is 5.32 Å². The zero-order valence-electron chi connectivity index (χ0n) is 13.5. The van der Waals surface area contributed by atoms with Gasteiger partial charge in [-0.3, -0.25) is 9.48 Å². The second-order valence-electron chi connectivity index (χ2n) is 5.97. The molecule has 1 aliphatic heterocycles. The minimum absolute atomic E-state index is 0.0285. The van der Waals surface area contributed by atoms with Crippen molar-refractivity contribution in [2.24, 2.45) is 0 Å². The van der Waals surface area contributed by atoms with Crippen molar-refractivity contribution >= 4 is 11.7 Å². The highest BCUT2D eigenvalue weighted by Crippen LogP contribution is 2.38. The Balaban J connectivity index is 1.77. The summed E-state index contributed by atoms with van der Waals surface area (Å²) in [4.78, 5) is 12.2. The third-order valence-corrected chi connectivity index (χ3v) is 4.51. The van der Waals surface area contributed by atoms with E-state index < -0.39 is 0 Å². The van der Waals surface area contributed by atoms with Crippen LogP contribution in [0.5, 0.6) is 0 Å². The third kappa shape index (κ3) is 2.50. The van der Waals surface area contributed by atoms with Gasteiger partial charge in [0.15, 0.2) is 0 Å². The number of hydrogen-bond acceptors (Lipinski definition) is 3. The summed E-state index contributed by atoms with van der Waals surface area (Å²) in [5.74, 6) is 0.894. The van der Waals surface area contributed by atoms with Crippen molar-refractivity contribution in [3.8, 4) is 0 Å². The first-order valence-electron chi connectivity index (χ1n) is 8.17. The standard InChI is InChI=1S/C18H19N5O/c1-2-23-18-16(11-20-23)15(10-17(24)21-18)14-7-4-3-6-13(14)12-22-9-5-8-19-22/h3-9,11,15H,2,10,12H2,1H3,(H,21,24). The van der Waals surface area contributed by atoms with Crippen LogP contribution in [0.25, 0.3) is 0 Å². The summed E-state index contributed by atoms with van der Waals surface area (Å²) < 4.78 is 3.74. The zero-order chi connectivity index (χ0) is 16.5. The predicted molar refractivity (Wildman–Crippen MR) is 90.8 cm³/mol. The van der Waals surface area contributed by atoms with E-state index in [2.05, 4.69) is 27.6 Å². The molecule has 1 N–H and O–H groups in total. The van der Waals surface area contributed by atoms with Crippen LogP contribution in [0.15, 0.2) is 48.9 Å². The Bertz CT molecular complexity index is 865. The van der Waals surface area contributed by atoms with Crippen LogP contribution in [0.3, 0.4) is 0 Å². The molecule has 3 heterocycles. The topological polar surface area (TPSA) is 64.7 Å². The molecule has 1 atom stereocenters. The van der Waals surface area contributed by atoms with Gasteiger partial charge in [0.2, 0.25) is 5.91 Å². The van der Waals surface area contributed by atoms with E-state index in [4.69, 9.17) is 0 Å². The molecule has 1 aromatic carbocycles. The molecule has 1 aliphatic rings. The summed E-state index contributed by atoms with van der Waals surface area (Å²) in [5.41, 5.74) is 3.43. The van der Waals surface area contributed by atoms with Crippen LogP contribution >= 0.6 is 0 Å². The summed E-state index contributed by atoms with van der Waals surface area (Å²) >= 11 is 0. The Hall–Kier alpha value is -2.89. The van der Waals surface area contributed by atoms with Gasteiger partial charge in [-0.05, 0) is 24.1 Å². The zero-order valence-corrected chi connectivity index (χ0v) is 13.5. The second kappa shape index (κ2) is 5.96. The molecule has 4 rings (SSSR count). The molecule has 0 radical (unpaired) electrons. The molecule has 2 aromatic heterocycles. The van der Waals surface area contributed by atoms with Crippen molar-refractivity contribution in [3.63, 3.8) is 0 Å². The Labute approximate surface area is 140 Å². The molecule has 3 aromatic rings. The van der Waals surface area contributed by atoms with Gasteiger partial charge < -0.3 is 5.32 Å².